The molecule has 1 N–H and O–H groups in total. The summed E-state index contributed by atoms with van der Waals surface area (Å²) < 4.78 is 6.96. The van der Waals surface area contributed by atoms with E-state index in [1.54, 1.807) is 10.9 Å². The van der Waals surface area contributed by atoms with Gasteiger partial charge in [-0.25, -0.2) is 4.98 Å². The lowest BCUT2D eigenvalue weighted by atomic mass is 10.0. The molecule has 4 heterocycles. The van der Waals surface area contributed by atoms with Gasteiger partial charge in [-0.05, 0) is 26.2 Å². The number of aliphatic hydroxyl groups is 1. The molecule has 0 saturated carbocycles. The van der Waals surface area contributed by atoms with Gasteiger partial charge >= 0.3 is 0 Å². The van der Waals surface area contributed by atoms with Crippen LogP contribution in [-0.2, 0) is 7.05 Å². The van der Waals surface area contributed by atoms with E-state index >= 15 is 0 Å². The van der Waals surface area contributed by atoms with E-state index < -0.39 is 6.10 Å². The summed E-state index contributed by atoms with van der Waals surface area (Å²) in [6.45, 7) is 2.80. The molecule has 1 aliphatic heterocycles. The van der Waals surface area contributed by atoms with Crippen LogP contribution in [0.3, 0.4) is 0 Å². The Hall–Kier alpha value is -2.48. The number of aliphatic hydroxyl groups excluding tert-OH is 1. The Morgan fingerprint density at radius 2 is 2.29 bits per heavy atom. The highest BCUT2D eigenvalue weighted by Crippen LogP contribution is 2.34. The molecule has 0 amide bonds. The number of anilines is 1. The van der Waals surface area contributed by atoms with E-state index in [0.717, 1.165) is 41.8 Å². The predicted molar refractivity (Wildman–Crippen MR) is 87.5 cm³/mol. The molecule has 0 aliphatic carbocycles. The minimum atomic E-state index is -0.537. The van der Waals surface area contributed by atoms with E-state index in [9.17, 15) is 5.11 Å². The van der Waals surface area contributed by atoms with Crippen molar-refractivity contribution in [3.05, 3.63) is 30.0 Å². The van der Waals surface area contributed by atoms with Gasteiger partial charge in [0, 0.05) is 31.4 Å². The van der Waals surface area contributed by atoms with Crippen molar-refractivity contribution in [2.24, 2.45) is 7.05 Å². The number of fused-ring (bicyclic) bond motifs is 1. The summed E-state index contributed by atoms with van der Waals surface area (Å²) in [6, 6.07) is 0.215. The summed E-state index contributed by atoms with van der Waals surface area (Å²) in [5, 5.41) is 19.5. The average Bonchev–Trinajstić information content (AvgIpc) is 3.28. The first-order chi connectivity index (χ1) is 11.6. The number of hydrogen-bond donors (Lipinski definition) is 1. The normalized spacial score (nSPS) is 19.3. The number of nitrogens with zero attached hydrogens (tertiary/aromatic N) is 6. The lowest BCUT2D eigenvalue weighted by Crippen LogP contribution is -2.31. The van der Waals surface area contributed by atoms with E-state index in [1.165, 1.54) is 6.33 Å². The van der Waals surface area contributed by atoms with Crippen LogP contribution in [-0.4, -0.2) is 42.6 Å². The molecule has 1 aliphatic rings. The second kappa shape index (κ2) is 5.86. The maximum absolute atomic E-state index is 10.5. The molecular weight excluding hydrogens is 308 g/mol. The number of aromatic nitrogens is 5. The summed E-state index contributed by atoms with van der Waals surface area (Å²) in [4.78, 5) is 10.9. The van der Waals surface area contributed by atoms with Crippen molar-refractivity contribution in [1.29, 1.82) is 0 Å². The quantitative estimate of drug-likeness (QED) is 0.780. The second-order valence-corrected chi connectivity index (χ2v) is 6.33. The molecule has 24 heavy (non-hydrogen) atoms. The highest BCUT2D eigenvalue weighted by atomic mass is 16.5. The minimum absolute atomic E-state index is 0.215. The first kappa shape index (κ1) is 15.1. The zero-order valence-corrected chi connectivity index (χ0v) is 13.8. The van der Waals surface area contributed by atoms with E-state index in [0.29, 0.717) is 12.1 Å². The Kier molecular flexibility index (Phi) is 3.68. The van der Waals surface area contributed by atoms with Crippen LogP contribution in [0.4, 0.5) is 5.82 Å². The van der Waals surface area contributed by atoms with Crippen LogP contribution in [0.1, 0.15) is 36.6 Å². The third kappa shape index (κ3) is 2.52. The maximum atomic E-state index is 10.5. The monoisotopic (exact) mass is 328 g/mol. The van der Waals surface area contributed by atoms with Crippen LogP contribution < -0.4 is 4.90 Å². The van der Waals surface area contributed by atoms with Crippen LogP contribution in [0, 0.1) is 6.92 Å². The van der Waals surface area contributed by atoms with Gasteiger partial charge in [-0.1, -0.05) is 5.16 Å². The summed E-state index contributed by atoms with van der Waals surface area (Å²) in [5.41, 5.74) is 2.15. The fourth-order valence-electron chi connectivity index (χ4n) is 3.49. The van der Waals surface area contributed by atoms with Gasteiger partial charge in [0.1, 0.15) is 17.5 Å². The lowest BCUT2D eigenvalue weighted by Gasteiger charge is -2.27. The van der Waals surface area contributed by atoms with Gasteiger partial charge in [-0.2, -0.15) is 10.1 Å². The van der Waals surface area contributed by atoms with Crippen LogP contribution >= 0.6 is 0 Å². The average molecular weight is 328 g/mol. The summed E-state index contributed by atoms with van der Waals surface area (Å²) >= 11 is 0. The Balaban J connectivity index is 1.61. The Morgan fingerprint density at radius 1 is 1.42 bits per heavy atom. The smallest absolute Gasteiger partial charge is 0.263 e. The SMILES string of the molecule is Cc1noc2ncnc(N3CCC[C@H]3C[C@@H](O)c3cnn(C)c3)c12. The van der Waals surface area contributed by atoms with Crippen LogP contribution in [0.2, 0.25) is 0 Å². The molecule has 4 rings (SSSR count). The van der Waals surface area contributed by atoms with Crippen LogP contribution in [0.5, 0.6) is 0 Å². The molecule has 1 saturated heterocycles. The molecule has 8 heteroatoms. The molecule has 0 aromatic carbocycles. The molecule has 3 aromatic heterocycles. The molecule has 0 radical (unpaired) electrons. The van der Waals surface area contributed by atoms with Gasteiger partial charge in [0.15, 0.2) is 0 Å². The van der Waals surface area contributed by atoms with Gasteiger partial charge in [0.2, 0.25) is 0 Å². The Labute approximate surface area is 139 Å². The largest absolute Gasteiger partial charge is 0.388 e. The molecule has 8 nitrogen and oxygen atoms in total. The minimum Gasteiger partial charge on any atom is -0.388 e. The van der Waals surface area contributed by atoms with Gasteiger partial charge in [-0.15, -0.1) is 0 Å². The zero-order chi connectivity index (χ0) is 16.7. The molecule has 3 aromatic rings. The molecule has 1 fully saturated rings. The molecule has 0 bridgehead atoms. The molecule has 0 spiro atoms. The van der Waals surface area contributed by atoms with Crippen molar-refractivity contribution < 1.29 is 9.63 Å². The van der Waals surface area contributed by atoms with Crippen molar-refractivity contribution in [1.82, 2.24) is 24.9 Å². The number of hydrogen-bond acceptors (Lipinski definition) is 7. The van der Waals surface area contributed by atoms with Crippen molar-refractivity contribution >= 4 is 16.9 Å². The van der Waals surface area contributed by atoms with Crippen molar-refractivity contribution in [2.75, 3.05) is 11.4 Å². The Bertz CT molecular complexity index is 857. The number of aryl methyl sites for hydroxylation is 2. The Morgan fingerprint density at radius 3 is 3.08 bits per heavy atom. The highest BCUT2D eigenvalue weighted by molar-refractivity contribution is 5.88. The van der Waals surface area contributed by atoms with Gasteiger partial charge in [0.05, 0.1) is 18.0 Å². The van der Waals surface area contributed by atoms with E-state index in [-0.39, 0.29) is 6.04 Å². The fraction of sp³-hybridized carbons (Fsp3) is 0.500. The predicted octanol–water partition coefficient (Wildman–Crippen LogP) is 1.75. The van der Waals surface area contributed by atoms with Crippen molar-refractivity contribution in [3.63, 3.8) is 0 Å². The summed E-state index contributed by atoms with van der Waals surface area (Å²) in [5.74, 6) is 0.847. The highest BCUT2D eigenvalue weighted by Gasteiger charge is 2.30. The molecule has 126 valence electrons. The van der Waals surface area contributed by atoms with Gasteiger partial charge < -0.3 is 14.5 Å². The standard InChI is InChI=1S/C16H20N6O2/c1-10-14-15(17-9-18-16(14)24-20-10)22-5-3-4-12(22)6-13(23)11-7-19-21(2)8-11/h7-9,12-13,23H,3-6H2,1-2H3/t12-,13+/m0/s1. The zero-order valence-electron chi connectivity index (χ0n) is 13.8. The van der Waals surface area contributed by atoms with Crippen molar-refractivity contribution in [3.8, 4) is 0 Å². The van der Waals surface area contributed by atoms with Crippen molar-refractivity contribution in [2.45, 2.75) is 38.3 Å². The fourth-order valence-corrected chi connectivity index (χ4v) is 3.49. The maximum Gasteiger partial charge on any atom is 0.263 e. The van der Waals surface area contributed by atoms with Gasteiger partial charge in [0.25, 0.3) is 5.71 Å². The molecule has 0 unspecified atom stereocenters. The number of rotatable bonds is 4. The van der Waals surface area contributed by atoms with Crippen LogP contribution in [0.15, 0.2) is 23.2 Å². The summed E-state index contributed by atoms with van der Waals surface area (Å²) in [6.07, 6.45) is 7.28. The van der Waals surface area contributed by atoms with E-state index in [4.69, 9.17) is 4.52 Å². The summed E-state index contributed by atoms with van der Waals surface area (Å²) in [7, 11) is 1.85. The second-order valence-electron chi connectivity index (χ2n) is 6.33. The van der Waals surface area contributed by atoms with E-state index in [2.05, 4.69) is 25.1 Å². The third-order valence-corrected chi connectivity index (χ3v) is 4.68. The first-order valence-corrected chi connectivity index (χ1v) is 8.13. The first-order valence-electron chi connectivity index (χ1n) is 8.13. The molecule has 2 atom stereocenters. The molecular formula is C16H20N6O2. The third-order valence-electron chi connectivity index (χ3n) is 4.68. The van der Waals surface area contributed by atoms with Gasteiger partial charge in [-0.3, -0.25) is 4.68 Å². The topological polar surface area (TPSA) is 93.1 Å². The van der Waals surface area contributed by atoms with E-state index in [1.807, 2.05) is 20.2 Å². The lowest BCUT2D eigenvalue weighted by molar-refractivity contribution is 0.158. The van der Waals surface area contributed by atoms with Crippen LogP contribution in [0.25, 0.3) is 11.1 Å².